The average Bonchev–Trinajstić information content (AvgIpc) is 3.33. The molecule has 37 heavy (non-hydrogen) atoms. The van der Waals surface area contributed by atoms with Crippen molar-refractivity contribution in [1.82, 2.24) is 9.80 Å². The van der Waals surface area contributed by atoms with Gasteiger partial charge >= 0.3 is 0 Å². The van der Waals surface area contributed by atoms with Crippen LogP contribution in [0.15, 0.2) is 65.1 Å². The van der Waals surface area contributed by atoms with E-state index in [0.717, 1.165) is 23.3 Å². The monoisotopic (exact) mass is 506 g/mol. The number of hydrogen-bond acceptors (Lipinski definition) is 5. The summed E-state index contributed by atoms with van der Waals surface area (Å²) in [5, 5.41) is 0. The standard InChI is InChI=1S/C30H38N2O5/c1-6-22(2)32(29(33)19-24-10-8-7-9-11-24)21-30(34)31(20-26-14-12-23(3)37-26)17-16-25-13-15-27(35-4)28(18-25)36-5/h7-15,18,22H,6,16-17,19-21H2,1-5H3/t22-/m1/s1. The Labute approximate surface area is 220 Å². The molecule has 3 rings (SSSR count). The number of methoxy groups -OCH3 is 2. The molecule has 0 aliphatic heterocycles. The van der Waals surface area contributed by atoms with Crippen molar-refractivity contribution in [2.24, 2.45) is 0 Å². The molecule has 1 aromatic heterocycles. The van der Waals surface area contributed by atoms with Gasteiger partial charge in [0.15, 0.2) is 11.5 Å². The first-order valence-electron chi connectivity index (χ1n) is 12.7. The first-order chi connectivity index (χ1) is 17.8. The zero-order valence-electron chi connectivity index (χ0n) is 22.5. The Kier molecular flexibility index (Phi) is 10.2. The molecule has 0 fully saturated rings. The van der Waals surface area contributed by atoms with Crippen molar-refractivity contribution in [2.45, 2.75) is 52.6 Å². The van der Waals surface area contributed by atoms with E-state index in [1.54, 1.807) is 24.0 Å². The van der Waals surface area contributed by atoms with Crippen LogP contribution in [-0.4, -0.2) is 55.0 Å². The van der Waals surface area contributed by atoms with Gasteiger partial charge in [-0.2, -0.15) is 0 Å². The van der Waals surface area contributed by atoms with Gasteiger partial charge in [-0.1, -0.05) is 43.3 Å². The lowest BCUT2D eigenvalue weighted by Gasteiger charge is -2.31. The van der Waals surface area contributed by atoms with Gasteiger partial charge in [-0.25, -0.2) is 0 Å². The third-order valence-electron chi connectivity index (χ3n) is 6.56. The Hall–Kier alpha value is -3.74. The third kappa shape index (κ3) is 7.87. The minimum Gasteiger partial charge on any atom is -0.493 e. The van der Waals surface area contributed by atoms with Gasteiger partial charge in [0.2, 0.25) is 11.8 Å². The van der Waals surface area contributed by atoms with Gasteiger partial charge in [0.25, 0.3) is 0 Å². The number of furan rings is 1. The van der Waals surface area contributed by atoms with Gasteiger partial charge in [-0.05, 0) is 62.1 Å². The molecule has 198 valence electrons. The van der Waals surface area contributed by atoms with E-state index in [9.17, 15) is 9.59 Å². The number of carbonyl (C=O) groups is 2. The summed E-state index contributed by atoms with van der Waals surface area (Å²) in [5.74, 6) is 2.64. The molecule has 2 aromatic carbocycles. The van der Waals surface area contributed by atoms with E-state index in [2.05, 4.69) is 0 Å². The van der Waals surface area contributed by atoms with Crippen LogP contribution in [0.25, 0.3) is 0 Å². The lowest BCUT2D eigenvalue weighted by Crippen LogP contribution is -2.47. The van der Waals surface area contributed by atoms with Crippen molar-refractivity contribution in [3.63, 3.8) is 0 Å². The van der Waals surface area contributed by atoms with Gasteiger partial charge in [0.05, 0.1) is 27.2 Å². The fraction of sp³-hybridized carbons (Fsp3) is 0.400. The van der Waals surface area contributed by atoms with E-state index in [0.29, 0.717) is 36.8 Å². The summed E-state index contributed by atoms with van der Waals surface area (Å²) in [4.78, 5) is 30.4. The quantitative estimate of drug-likeness (QED) is 0.325. The van der Waals surface area contributed by atoms with Crippen molar-refractivity contribution in [3.05, 3.63) is 83.3 Å². The first kappa shape index (κ1) is 27.8. The number of benzene rings is 2. The van der Waals surface area contributed by atoms with Crippen molar-refractivity contribution in [1.29, 1.82) is 0 Å². The van der Waals surface area contributed by atoms with Crippen LogP contribution >= 0.6 is 0 Å². The molecular weight excluding hydrogens is 468 g/mol. The topological polar surface area (TPSA) is 72.2 Å². The number of hydrogen-bond donors (Lipinski definition) is 0. The SMILES string of the molecule is CC[C@@H](C)N(CC(=O)N(CCc1ccc(OC)c(OC)c1)Cc1ccc(C)o1)C(=O)Cc1ccccc1. The predicted molar refractivity (Wildman–Crippen MR) is 144 cm³/mol. The van der Waals surface area contributed by atoms with Gasteiger partial charge in [0, 0.05) is 12.6 Å². The van der Waals surface area contributed by atoms with E-state index in [1.807, 2.05) is 81.4 Å². The summed E-state index contributed by atoms with van der Waals surface area (Å²) in [7, 11) is 3.21. The molecule has 0 radical (unpaired) electrons. The minimum absolute atomic E-state index is 0.0201. The summed E-state index contributed by atoms with van der Waals surface area (Å²) < 4.78 is 16.5. The second kappa shape index (κ2) is 13.5. The summed E-state index contributed by atoms with van der Waals surface area (Å²) in [5.41, 5.74) is 1.95. The molecule has 0 aliphatic carbocycles. The molecule has 0 saturated heterocycles. The number of carbonyl (C=O) groups excluding carboxylic acids is 2. The Morgan fingerprint density at radius 2 is 1.65 bits per heavy atom. The molecule has 1 atom stereocenters. The maximum Gasteiger partial charge on any atom is 0.242 e. The Morgan fingerprint density at radius 3 is 2.27 bits per heavy atom. The predicted octanol–water partition coefficient (Wildman–Crippen LogP) is 5.05. The van der Waals surface area contributed by atoms with Crippen LogP contribution < -0.4 is 9.47 Å². The molecule has 7 nitrogen and oxygen atoms in total. The van der Waals surface area contributed by atoms with Gasteiger partial charge in [-0.15, -0.1) is 0 Å². The third-order valence-corrected chi connectivity index (χ3v) is 6.56. The zero-order chi connectivity index (χ0) is 26.8. The lowest BCUT2D eigenvalue weighted by molar-refractivity contribution is -0.142. The van der Waals surface area contributed by atoms with Gasteiger partial charge < -0.3 is 23.7 Å². The van der Waals surface area contributed by atoms with Crippen LogP contribution in [-0.2, 0) is 29.0 Å². The maximum atomic E-state index is 13.6. The fourth-order valence-corrected chi connectivity index (χ4v) is 4.18. The highest BCUT2D eigenvalue weighted by molar-refractivity contribution is 5.86. The van der Waals surface area contributed by atoms with Crippen LogP contribution in [0.2, 0.25) is 0 Å². The van der Waals surface area contributed by atoms with E-state index < -0.39 is 0 Å². The van der Waals surface area contributed by atoms with Crippen LogP contribution in [0.5, 0.6) is 11.5 Å². The largest absolute Gasteiger partial charge is 0.493 e. The van der Waals surface area contributed by atoms with Crippen LogP contribution in [0.4, 0.5) is 0 Å². The van der Waals surface area contributed by atoms with E-state index in [1.165, 1.54) is 0 Å². The van der Waals surface area contributed by atoms with E-state index in [4.69, 9.17) is 13.9 Å². The maximum absolute atomic E-state index is 13.6. The molecule has 7 heteroatoms. The number of ether oxygens (including phenoxy) is 2. The second-order valence-electron chi connectivity index (χ2n) is 9.21. The molecule has 0 aliphatic rings. The Balaban J connectivity index is 1.77. The Morgan fingerprint density at radius 1 is 0.919 bits per heavy atom. The second-order valence-corrected chi connectivity index (χ2v) is 9.21. The van der Waals surface area contributed by atoms with Gasteiger partial charge in [-0.3, -0.25) is 9.59 Å². The Bertz CT molecular complexity index is 1160. The summed E-state index contributed by atoms with van der Waals surface area (Å²) >= 11 is 0. The molecule has 3 aromatic rings. The van der Waals surface area contributed by atoms with Gasteiger partial charge in [0.1, 0.15) is 18.1 Å². The van der Waals surface area contributed by atoms with Crippen molar-refractivity contribution >= 4 is 11.8 Å². The molecule has 0 bridgehead atoms. The molecular formula is C30H38N2O5. The van der Waals surface area contributed by atoms with Crippen LogP contribution in [0.3, 0.4) is 0 Å². The van der Waals surface area contributed by atoms with Crippen molar-refractivity contribution < 1.29 is 23.5 Å². The highest BCUT2D eigenvalue weighted by Crippen LogP contribution is 2.28. The highest BCUT2D eigenvalue weighted by atomic mass is 16.5. The van der Waals surface area contributed by atoms with Crippen molar-refractivity contribution in [2.75, 3.05) is 27.3 Å². The number of rotatable bonds is 13. The fourth-order valence-electron chi connectivity index (χ4n) is 4.18. The van der Waals surface area contributed by atoms with E-state index in [-0.39, 0.29) is 30.8 Å². The van der Waals surface area contributed by atoms with E-state index >= 15 is 0 Å². The minimum atomic E-state index is -0.115. The smallest absolute Gasteiger partial charge is 0.242 e. The summed E-state index contributed by atoms with van der Waals surface area (Å²) in [6, 6.07) is 19.1. The molecule has 2 amide bonds. The number of amides is 2. The molecule has 0 unspecified atom stereocenters. The van der Waals surface area contributed by atoms with Crippen LogP contribution in [0, 0.1) is 6.92 Å². The number of nitrogens with zero attached hydrogens (tertiary/aromatic N) is 2. The first-order valence-corrected chi connectivity index (χ1v) is 12.7. The normalized spacial score (nSPS) is 11.6. The molecule has 0 saturated carbocycles. The number of aryl methyl sites for hydroxylation is 1. The summed E-state index contributed by atoms with van der Waals surface area (Å²) in [6.07, 6.45) is 1.64. The highest BCUT2D eigenvalue weighted by Gasteiger charge is 2.25. The average molecular weight is 507 g/mol. The molecule has 0 spiro atoms. The molecule has 1 heterocycles. The van der Waals surface area contributed by atoms with Crippen molar-refractivity contribution in [3.8, 4) is 11.5 Å². The molecule has 0 N–H and O–H groups in total. The lowest BCUT2D eigenvalue weighted by atomic mass is 10.1. The zero-order valence-corrected chi connectivity index (χ0v) is 22.5. The van der Waals surface area contributed by atoms with Crippen LogP contribution in [0.1, 0.15) is 42.9 Å². The summed E-state index contributed by atoms with van der Waals surface area (Å²) in [6.45, 7) is 6.72.